The Morgan fingerprint density at radius 2 is 1.73 bits per heavy atom. The van der Waals surface area contributed by atoms with Crippen molar-refractivity contribution in [2.75, 3.05) is 7.11 Å². The molecular formula is C18H15FeIO2. The number of esters is 1. The van der Waals surface area contributed by atoms with Gasteiger partial charge in [-0.1, -0.05) is 45.0 Å². The average molecular weight is 446 g/mol. The maximum atomic E-state index is 11.6. The first-order chi connectivity index (χ1) is 10.2. The molecule has 0 amide bonds. The van der Waals surface area contributed by atoms with Crippen LogP contribution in [0.2, 0.25) is 0 Å². The third-order valence-corrected chi connectivity index (χ3v) is 3.83. The molecule has 0 bridgehead atoms. The van der Waals surface area contributed by atoms with Gasteiger partial charge in [0.1, 0.15) is 0 Å². The van der Waals surface area contributed by atoms with Crippen molar-refractivity contribution in [2.24, 2.45) is 0 Å². The number of methoxy groups -OCH3 is 1. The Kier molecular flexibility index (Phi) is 8.17. The van der Waals surface area contributed by atoms with Gasteiger partial charge < -0.3 is 4.74 Å². The van der Waals surface area contributed by atoms with E-state index in [4.69, 9.17) is 4.74 Å². The zero-order chi connectivity index (χ0) is 15.1. The quantitative estimate of drug-likeness (QED) is 0.243. The summed E-state index contributed by atoms with van der Waals surface area (Å²) in [5.74, 6) is -0.290. The molecule has 0 heterocycles. The monoisotopic (exact) mass is 446 g/mol. The minimum atomic E-state index is -0.290. The fourth-order valence-corrected chi connectivity index (χ4v) is 2.73. The van der Waals surface area contributed by atoms with Crippen LogP contribution in [0.25, 0.3) is 11.1 Å². The second kappa shape index (κ2) is 9.61. The van der Waals surface area contributed by atoms with Crippen LogP contribution >= 0.6 is 22.6 Å². The number of hydrogen-bond donors (Lipinski definition) is 0. The second-order valence-electron chi connectivity index (χ2n) is 4.29. The predicted molar refractivity (Wildman–Crippen MR) is 93.6 cm³/mol. The first-order valence-corrected chi connectivity index (χ1v) is 7.57. The van der Waals surface area contributed by atoms with Gasteiger partial charge in [0.25, 0.3) is 5.97 Å². The normalized spacial score (nSPS) is 9.18. The molecule has 0 unspecified atom stereocenters. The maximum Gasteiger partial charge on any atom is 2.00 e. The average Bonchev–Trinajstić information content (AvgIpc) is 3.20. The van der Waals surface area contributed by atoms with E-state index in [1.165, 1.54) is 7.11 Å². The molecule has 4 heteroatoms. The maximum absolute atomic E-state index is 11.6. The van der Waals surface area contributed by atoms with Crippen molar-refractivity contribution in [3.8, 4) is 11.1 Å². The fraction of sp³-hybridized carbons (Fsp3) is 0.0556. The molecule has 0 aliphatic heterocycles. The predicted octanol–water partition coefficient (Wildman–Crippen LogP) is 4.87. The summed E-state index contributed by atoms with van der Waals surface area (Å²) in [5.41, 5.74) is 2.61. The number of carbonyl (C=O) groups excluding carboxylic acids is 1. The molecule has 3 rings (SSSR count). The number of hydrogen-bond acceptors (Lipinski definition) is 2. The fourth-order valence-electron chi connectivity index (χ4n) is 1.95. The molecule has 114 valence electrons. The summed E-state index contributed by atoms with van der Waals surface area (Å²) in [4.78, 5) is 11.6. The molecule has 0 aromatic heterocycles. The zero-order valence-electron chi connectivity index (χ0n) is 12.0. The Morgan fingerprint density at radius 3 is 2.23 bits per heavy atom. The SMILES string of the molecule is COC(=O)c1cc[c-](I)c1-c1ccccc1.[Fe+2].c1cc[cH-]c1. The van der Waals surface area contributed by atoms with Gasteiger partial charge in [-0.3, -0.25) is 4.79 Å². The Labute approximate surface area is 154 Å². The summed E-state index contributed by atoms with van der Waals surface area (Å²) >= 11 is 2.23. The van der Waals surface area contributed by atoms with Crippen molar-refractivity contribution < 1.29 is 26.6 Å². The smallest absolute Gasteiger partial charge is 0.473 e. The van der Waals surface area contributed by atoms with Crippen LogP contribution in [0.3, 0.4) is 0 Å². The Hall–Kier alpha value is -1.36. The minimum Gasteiger partial charge on any atom is -0.473 e. The van der Waals surface area contributed by atoms with Crippen LogP contribution < -0.4 is 0 Å². The molecular weight excluding hydrogens is 431 g/mol. The van der Waals surface area contributed by atoms with Crippen molar-refractivity contribution in [1.82, 2.24) is 0 Å². The number of benzene rings is 1. The summed E-state index contributed by atoms with van der Waals surface area (Å²) in [7, 11) is 1.40. The summed E-state index contributed by atoms with van der Waals surface area (Å²) in [6.45, 7) is 0. The molecule has 0 N–H and O–H groups in total. The summed E-state index contributed by atoms with van der Waals surface area (Å²) in [6.07, 6.45) is 0. The number of carbonyl (C=O) groups is 1. The topological polar surface area (TPSA) is 26.3 Å². The van der Waals surface area contributed by atoms with Gasteiger partial charge in [-0.2, -0.15) is 24.3 Å². The molecule has 0 aliphatic rings. The number of ether oxygens (including phenoxy) is 1. The third kappa shape index (κ3) is 4.83. The van der Waals surface area contributed by atoms with Gasteiger partial charge in [-0.15, -0.1) is 34.2 Å². The van der Waals surface area contributed by atoms with Crippen LogP contribution in [0, 0.1) is 3.57 Å². The molecule has 0 fully saturated rings. The van der Waals surface area contributed by atoms with E-state index in [-0.39, 0.29) is 23.0 Å². The summed E-state index contributed by atoms with van der Waals surface area (Å²) in [6, 6.07) is 23.6. The summed E-state index contributed by atoms with van der Waals surface area (Å²) in [5, 5.41) is 0. The van der Waals surface area contributed by atoms with Crippen LogP contribution in [0.4, 0.5) is 0 Å². The van der Waals surface area contributed by atoms with Crippen LogP contribution in [-0.2, 0) is 21.8 Å². The van der Waals surface area contributed by atoms with E-state index in [1.54, 1.807) is 6.07 Å². The van der Waals surface area contributed by atoms with Gasteiger partial charge in [0.2, 0.25) is 0 Å². The first kappa shape index (κ1) is 18.7. The second-order valence-corrected chi connectivity index (χ2v) is 5.45. The Morgan fingerprint density at radius 1 is 1.09 bits per heavy atom. The van der Waals surface area contributed by atoms with Crippen molar-refractivity contribution in [3.63, 3.8) is 0 Å². The molecule has 0 saturated carbocycles. The van der Waals surface area contributed by atoms with E-state index in [1.807, 2.05) is 66.7 Å². The largest absolute Gasteiger partial charge is 2.00 e. The van der Waals surface area contributed by atoms with E-state index < -0.39 is 0 Å². The van der Waals surface area contributed by atoms with Gasteiger partial charge in [-0.05, 0) is 0 Å². The van der Waals surface area contributed by atoms with E-state index in [2.05, 4.69) is 22.6 Å². The summed E-state index contributed by atoms with van der Waals surface area (Å²) < 4.78 is 5.83. The zero-order valence-corrected chi connectivity index (χ0v) is 15.2. The Balaban J connectivity index is 0.000000344. The molecule has 0 radical (unpaired) electrons. The van der Waals surface area contributed by atoms with Crippen molar-refractivity contribution in [1.29, 1.82) is 0 Å². The number of halogens is 1. The standard InChI is InChI=1S/C13H10IO2.C5H5.Fe/c1-16-13(15)10-7-8-11(14)12(10)9-5-3-2-4-6-9;1-2-4-5-3-1;/h2-8H,1H3;1-5H;/q2*-1;+2. The van der Waals surface area contributed by atoms with Crippen LogP contribution in [-0.4, -0.2) is 13.1 Å². The van der Waals surface area contributed by atoms with Gasteiger partial charge >= 0.3 is 17.1 Å². The Bertz CT molecular complexity index is 655. The van der Waals surface area contributed by atoms with E-state index >= 15 is 0 Å². The van der Waals surface area contributed by atoms with E-state index in [9.17, 15) is 4.79 Å². The molecule has 0 spiro atoms. The van der Waals surface area contributed by atoms with Crippen molar-refractivity contribution >= 4 is 28.6 Å². The van der Waals surface area contributed by atoms with E-state index in [0.717, 1.165) is 14.7 Å². The number of rotatable bonds is 2. The van der Waals surface area contributed by atoms with Crippen LogP contribution in [0.15, 0.2) is 72.8 Å². The van der Waals surface area contributed by atoms with Gasteiger partial charge in [0.05, 0.1) is 7.11 Å². The molecule has 0 saturated heterocycles. The van der Waals surface area contributed by atoms with Gasteiger partial charge in [-0.25, -0.2) is 12.1 Å². The van der Waals surface area contributed by atoms with Crippen LogP contribution in [0.1, 0.15) is 10.4 Å². The molecule has 0 atom stereocenters. The van der Waals surface area contributed by atoms with Gasteiger partial charge in [0, 0.05) is 0 Å². The van der Waals surface area contributed by atoms with Crippen molar-refractivity contribution in [3.05, 3.63) is 81.9 Å². The molecule has 3 aromatic rings. The molecule has 2 nitrogen and oxygen atoms in total. The first-order valence-electron chi connectivity index (χ1n) is 6.49. The van der Waals surface area contributed by atoms with E-state index in [0.29, 0.717) is 5.56 Å². The van der Waals surface area contributed by atoms with Crippen molar-refractivity contribution in [2.45, 2.75) is 0 Å². The molecule has 22 heavy (non-hydrogen) atoms. The third-order valence-electron chi connectivity index (χ3n) is 2.93. The molecule has 3 aromatic carbocycles. The van der Waals surface area contributed by atoms with Gasteiger partial charge in [0.15, 0.2) is 0 Å². The van der Waals surface area contributed by atoms with Crippen LogP contribution in [0.5, 0.6) is 0 Å². The molecule has 0 aliphatic carbocycles. The minimum absolute atomic E-state index is 0.